The van der Waals surface area contributed by atoms with E-state index in [4.69, 9.17) is 5.73 Å². The van der Waals surface area contributed by atoms with E-state index in [2.05, 4.69) is 16.0 Å². The van der Waals surface area contributed by atoms with Gasteiger partial charge in [0.15, 0.2) is 6.10 Å². The van der Waals surface area contributed by atoms with Crippen molar-refractivity contribution in [1.82, 2.24) is 21.3 Å². The molecule has 3 aromatic rings. The summed E-state index contributed by atoms with van der Waals surface area (Å²) in [7, 11) is 0. The third-order valence-corrected chi connectivity index (χ3v) is 8.67. The van der Waals surface area contributed by atoms with Gasteiger partial charge in [-0.1, -0.05) is 68.4 Å². The molecule has 8 N–H and O–H groups in total. The van der Waals surface area contributed by atoms with Crippen LogP contribution in [0, 0.1) is 5.92 Å². The number of aliphatic hydroxyl groups is 1. The fourth-order valence-electron chi connectivity index (χ4n) is 5.27. The second kappa shape index (κ2) is 18.3. The van der Waals surface area contributed by atoms with Crippen LogP contribution in [0.1, 0.15) is 49.5 Å². The number of nitrogens with two attached hydrogens (primary N) is 1. The molecule has 0 fully saturated rings. The Hall–Kier alpha value is -5.28. The molecule has 3 aromatic carbocycles. The maximum absolute atomic E-state index is 13.6. The van der Waals surface area contributed by atoms with Gasteiger partial charge in [-0.15, -0.1) is 0 Å². The van der Waals surface area contributed by atoms with Gasteiger partial charge >= 0.3 is 6.18 Å². The molecule has 12 nitrogen and oxygen atoms in total. The van der Waals surface area contributed by atoms with Gasteiger partial charge < -0.3 is 42.0 Å². The summed E-state index contributed by atoms with van der Waals surface area (Å²) in [6, 6.07) is 17.7. The van der Waals surface area contributed by atoms with E-state index >= 15 is 0 Å². The first-order valence-corrected chi connectivity index (χ1v) is 16.5. The van der Waals surface area contributed by atoms with E-state index in [1.165, 1.54) is 19.1 Å². The van der Waals surface area contributed by atoms with Crippen molar-refractivity contribution >= 4 is 29.9 Å². The number of phenolic OH excluding ortho intramolecular Hbond substituents is 1. The summed E-state index contributed by atoms with van der Waals surface area (Å²) < 4.78 is 39.9. The van der Waals surface area contributed by atoms with Crippen LogP contribution < -0.4 is 27.0 Å². The largest absolute Gasteiger partial charge is 0.508 e. The highest BCUT2D eigenvalue weighted by Crippen LogP contribution is 2.25. The first kappa shape index (κ1) is 41.1. The summed E-state index contributed by atoms with van der Waals surface area (Å²) in [5.41, 5.74) is 6.21. The quantitative estimate of drug-likeness (QED) is 0.0971. The van der Waals surface area contributed by atoms with Gasteiger partial charge in [0.25, 0.3) is 5.91 Å². The van der Waals surface area contributed by atoms with Crippen LogP contribution in [0.15, 0.2) is 78.9 Å². The van der Waals surface area contributed by atoms with E-state index in [0.29, 0.717) is 11.8 Å². The number of aldehydes is 1. The van der Waals surface area contributed by atoms with Crippen LogP contribution in [0.2, 0.25) is 0 Å². The van der Waals surface area contributed by atoms with E-state index in [1.807, 2.05) is 35.6 Å². The topological polar surface area (TPSA) is 200 Å². The van der Waals surface area contributed by atoms with E-state index in [-0.39, 0.29) is 24.3 Å². The number of halogens is 3. The SMILES string of the molecule is CC(C)[C@](C=O)(CNC(Cc1ccc(O)cc1)C(=O)N[C@@H](C)C(=O)NC(CCC(N)=O)C(O)C(F)(F)F)NC(=O)c1ccc(-c2ccccc2)cc1. The summed E-state index contributed by atoms with van der Waals surface area (Å²) in [6.07, 6.45) is -8.75. The molecule has 0 heterocycles. The maximum Gasteiger partial charge on any atom is 0.416 e. The molecule has 0 saturated carbocycles. The van der Waals surface area contributed by atoms with Gasteiger partial charge in [0.1, 0.15) is 23.6 Å². The zero-order valence-electron chi connectivity index (χ0n) is 28.9. The van der Waals surface area contributed by atoms with Gasteiger partial charge in [0, 0.05) is 18.5 Å². The lowest BCUT2D eigenvalue weighted by Gasteiger charge is -2.35. The Balaban J connectivity index is 1.80. The number of benzene rings is 3. The number of rotatable bonds is 18. The normalized spacial score (nSPS) is 15.0. The van der Waals surface area contributed by atoms with Crippen molar-refractivity contribution in [2.45, 2.75) is 76.0 Å². The molecule has 15 heteroatoms. The second-order valence-corrected chi connectivity index (χ2v) is 12.9. The summed E-state index contributed by atoms with van der Waals surface area (Å²) in [4.78, 5) is 63.8. The van der Waals surface area contributed by atoms with Crippen LogP contribution in [0.3, 0.4) is 0 Å². The smallest absolute Gasteiger partial charge is 0.416 e. The predicted molar refractivity (Wildman–Crippen MR) is 187 cm³/mol. The van der Waals surface area contributed by atoms with Crippen molar-refractivity contribution in [2.75, 3.05) is 6.54 Å². The number of hydrogen-bond acceptors (Lipinski definition) is 8. The van der Waals surface area contributed by atoms with Crippen LogP contribution >= 0.6 is 0 Å². The van der Waals surface area contributed by atoms with Gasteiger partial charge in [-0.3, -0.25) is 19.2 Å². The fourth-order valence-corrected chi connectivity index (χ4v) is 5.27. The molecule has 0 radical (unpaired) electrons. The molecule has 5 atom stereocenters. The molecule has 3 unspecified atom stereocenters. The number of alkyl halides is 3. The molecule has 0 saturated heterocycles. The number of aliphatic hydroxyl groups excluding tert-OH is 1. The van der Waals surface area contributed by atoms with Gasteiger partial charge in [0.05, 0.1) is 12.1 Å². The Bertz CT molecular complexity index is 1670. The van der Waals surface area contributed by atoms with Crippen LogP contribution in [0.4, 0.5) is 13.2 Å². The molecule has 3 rings (SSSR count). The Morgan fingerprint density at radius 1 is 0.846 bits per heavy atom. The molecule has 0 aliphatic carbocycles. The van der Waals surface area contributed by atoms with Crippen LogP contribution in [0.5, 0.6) is 5.75 Å². The standard InChI is InChI=1S/C37H44F3N5O7/c1-22(2)36(21-46,45-34(51)27-13-11-26(12-14-27)25-7-5-4-6-8-25)20-42-30(19-24-9-15-28(47)16-10-24)35(52)43-23(3)33(50)44-29(17-18-31(41)48)32(49)37(38,39)40/h4-16,21-23,29-30,32,42,47,49H,17-20H2,1-3H3,(H2,41,48)(H,43,52)(H,44,50)(H,45,51)/t23-,29?,30?,32?,36+/m0/s1. The number of aromatic hydroxyl groups is 1. The summed E-state index contributed by atoms with van der Waals surface area (Å²) in [5.74, 6) is -3.86. The Morgan fingerprint density at radius 2 is 1.44 bits per heavy atom. The maximum atomic E-state index is 13.6. The van der Waals surface area contributed by atoms with Gasteiger partial charge in [0.2, 0.25) is 17.7 Å². The second-order valence-electron chi connectivity index (χ2n) is 12.9. The number of amides is 4. The first-order valence-electron chi connectivity index (χ1n) is 16.5. The number of carbonyl (C=O) groups excluding carboxylic acids is 5. The van der Waals surface area contributed by atoms with Crippen LogP contribution in [-0.2, 0) is 25.6 Å². The van der Waals surface area contributed by atoms with Crippen molar-refractivity contribution in [1.29, 1.82) is 0 Å². The predicted octanol–water partition coefficient (Wildman–Crippen LogP) is 2.76. The van der Waals surface area contributed by atoms with E-state index in [0.717, 1.165) is 11.1 Å². The van der Waals surface area contributed by atoms with Crippen molar-refractivity contribution in [3.63, 3.8) is 0 Å². The zero-order valence-corrected chi connectivity index (χ0v) is 28.9. The molecule has 52 heavy (non-hydrogen) atoms. The Morgan fingerprint density at radius 3 is 1.98 bits per heavy atom. The molecule has 0 aliphatic rings. The number of nitrogens with one attached hydrogen (secondary N) is 4. The lowest BCUT2D eigenvalue weighted by atomic mass is 9.86. The highest BCUT2D eigenvalue weighted by Gasteiger charge is 2.44. The van der Waals surface area contributed by atoms with Crippen molar-refractivity contribution in [3.05, 3.63) is 90.0 Å². The monoisotopic (exact) mass is 727 g/mol. The lowest BCUT2D eigenvalue weighted by molar-refractivity contribution is -0.212. The molecular formula is C37H44F3N5O7. The van der Waals surface area contributed by atoms with Crippen molar-refractivity contribution in [2.24, 2.45) is 11.7 Å². The first-order chi connectivity index (χ1) is 24.5. The van der Waals surface area contributed by atoms with E-state index < -0.39 is 78.3 Å². The number of hydrogen-bond donors (Lipinski definition) is 7. The fraction of sp³-hybridized carbons (Fsp3) is 0.378. The van der Waals surface area contributed by atoms with E-state index in [1.54, 1.807) is 50.2 Å². The molecule has 0 bridgehead atoms. The van der Waals surface area contributed by atoms with Crippen LogP contribution in [0.25, 0.3) is 11.1 Å². The van der Waals surface area contributed by atoms with Crippen LogP contribution in [-0.4, -0.2) is 82.6 Å². The van der Waals surface area contributed by atoms with E-state index in [9.17, 15) is 47.4 Å². The minimum absolute atomic E-state index is 0.0313. The summed E-state index contributed by atoms with van der Waals surface area (Å²) >= 11 is 0. The highest BCUT2D eigenvalue weighted by molar-refractivity contribution is 5.97. The molecule has 0 aliphatic heterocycles. The summed E-state index contributed by atoms with van der Waals surface area (Å²) in [6.45, 7) is 4.38. The molecule has 0 aromatic heterocycles. The lowest BCUT2D eigenvalue weighted by Crippen LogP contribution is -2.63. The van der Waals surface area contributed by atoms with Gasteiger partial charge in [-0.2, -0.15) is 13.2 Å². The molecule has 0 spiro atoms. The van der Waals surface area contributed by atoms with Gasteiger partial charge in [-0.05, 0) is 66.6 Å². The highest BCUT2D eigenvalue weighted by atomic mass is 19.4. The Labute approximate surface area is 299 Å². The average Bonchev–Trinajstić information content (AvgIpc) is 3.11. The number of carbonyl (C=O) groups is 5. The third-order valence-electron chi connectivity index (χ3n) is 8.67. The minimum Gasteiger partial charge on any atom is -0.508 e. The number of phenols is 1. The van der Waals surface area contributed by atoms with Gasteiger partial charge in [-0.25, -0.2) is 0 Å². The third kappa shape index (κ3) is 11.6. The zero-order chi connectivity index (χ0) is 38.6. The Kier molecular flexibility index (Phi) is 14.5. The average molecular weight is 728 g/mol. The minimum atomic E-state index is -5.12. The molecular weight excluding hydrogens is 683 g/mol. The number of primary amides is 1. The molecule has 4 amide bonds. The summed E-state index contributed by atoms with van der Waals surface area (Å²) in [5, 5.41) is 29.8. The van der Waals surface area contributed by atoms with Crippen molar-refractivity contribution < 1.29 is 47.4 Å². The van der Waals surface area contributed by atoms with Crippen molar-refractivity contribution in [3.8, 4) is 16.9 Å². The molecule has 280 valence electrons.